The molecule has 0 N–H and O–H groups in total. The number of fused-ring (bicyclic) bond motifs is 6. The van der Waals surface area contributed by atoms with Crippen LogP contribution in [-0.2, 0) is 10.8 Å². The van der Waals surface area contributed by atoms with Gasteiger partial charge in [0, 0.05) is 0 Å². The number of benzene rings is 1. The second-order valence-electron chi connectivity index (χ2n) is 16.2. The third-order valence-electron chi connectivity index (χ3n) is 11.6. The van der Waals surface area contributed by atoms with Crippen LogP contribution in [0.3, 0.4) is 0 Å². The van der Waals surface area contributed by atoms with Gasteiger partial charge in [-0.05, 0) is 0 Å². The summed E-state index contributed by atoms with van der Waals surface area (Å²) in [5.74, 6) is 2.86. The predicted octanol–water partition coefficient (Wildman–Crippen LogP) is 12.9. The number of hydrogen-bond acceptors (Lipinski definition) is 2. The van der Waals surface area contributed by atoms with Crippen molar-refractivity contribution in [3.05, 3.63) is 51.4 Å². The van der Waals surface area contributed by atoms with E-state index in [2.05, 4.69) is 124 Å². The molecule has 3 aromatic rings. The summed E-state index contributed by atoms with van der Waals surface area (Å²) in [6.45, 7) is 22.0. The molecule has 0 spiro atoms. The summed E-state index contributed by atoms with van der Waals surface area (Å²) in [5.41, 5.74) is 10.2. The van der Waals surface area contributed by atoms with E-state index < -0.39 is 18.4 Å². The maximum atomic E-state index is 2.80. The van der Waals surface area contributed by atoms with Crippen LogP contribution in [0, 0.1) is 30.6 Å². The van der Waals surface area contributed by atoms with E-state index in [0.717, 1.165) is 0 Å². The first-order chi connectivity index (χ1) is 20.2. The van der Waals surface area contributed by atoms with E-state index in [1.807, 2.05) is 0 Å². The summed E-state index contributed by atoms with van der Waals surface area (Å²) >= 11 is 2.03. The molecule has 236 valence electrons. The van der Waals surface area contributed by atoms with Gasteiger partial charge in [-0.1, -0.05) is 0 Å². The van der Waals surface area contributed by atoms with Crippen molar-refractivity contribution in [1.82, 2.24) is 0 Å². The Balaban J connectivity index is 1.85. The van der Waals surface area contributed by atoms with Crippen molar-refractivity contribution in [3.8, 4) is 20.9 Å². The molecule has 0 saturated carbocycles. The summed E-state index contributed by atoms with van der Waals surface area (Å²) in [4.78, 5) is 12.6. The SMILES string of the molecule is CCC(C)CC1(CC(C)CC)c2cc3c(cc2-c2sc(C)cc21)C(CC(C)CC)(CC(C)CC)c1c[c]([Sn]([CH3])([CH3])[CH3])sc1-3. The van der Waals surface area contributed by atoms with Crippen LogP contribution in [-0.4, -0.2) is 18.4 Å². The normalized spacial score (nSPS) is 23.4. The fraction of sp³-hybridized carbons (Fsp3) is 0.650. The molecule has 0 saturated heterocycles. The molecule has 0 aliphatic heterocycles. The molecular weight excluding hydrogens is 663 g/mol. The molecule has 2 aliphatic carbocycles. The van der Waals surface area contributed by atoms with Crippen molar-refractivity contribution in [2.24, 2.45) is 23.7 Å². The van der Waals surface area contributed by atoms with Gasteiger partial charge < -0.3 is 0 Å². The van der Waals surface area contributed by atoms with Crippen molar-refractivity contribution in [2.45, 2.75) is 139 Å². The van der Waals surface area contributed by atoms with Crippen LogP contribution in [0.25, 0.3) is 20.9 Å². The quantitative estimate of drug-likeness (QED) is 0.154. The van der Waals surface area contributed by atoms with E-state index >= 15 is 0 Å². The van der Waals surface area contributed by atoms with Gasteiger partial charge in [-0.3, -0.25) is 0 Å². The molecule has 0 bridgehead atoms. The van der Waals surface area contributed by atoms with E-state index in [1.54, 1.807) is 46.0 Å². The van der Waals surface area contributed by atoms with Crippen LogP contribution in [0.2, 0.25) is 14.8 Å². The third-order valence-corrected chi connectivity index (χ3v) is 23.3. The van der Waals surface area contributed by atoms with Crippen molar-refractivity contribution in [1.29, 1.82) is 0 Å². The number of rotatable bonds is 13. The van der Waals surface area contributed by atoms with E-state index in [0.29, 0.717) is 23.7 Å². The molecule has 4 unspecified atom stereocenters. The zero-order chi connectivity index (χ0) is 31.5. The molecule has 0 amide bonds. The molecule has 2 heterocycles. The van der Waals surface area contributed by atoms with Crippen LogP contribution >= 0.6 is 22.7 Å². The Morgan fingerprint density at radius 2 is 0.930 bits per heavy atom. The average molecular weight is 724 g/mol. The second kappa shape index (κ2) is 12.6. The van der Waals surface area contributed by atoms with Crippen molar-refractivity contribution in [3.63, 3.8) is 0 Å². The maximum absolute atomic E-state index is 2.80. The first-order valence-electron chi connectivity index (χ1n) is 17.7. The van der Waals surface area contributed by atoms with Gasteiger partial charge in [0.1, 0.15) is 0 Å². The predicted molar refractivity (Wildman–Crippen MR) is 199 cm³/mol. The van der Waals surface area contributed by atoms with E-state index in [1.165, 1.54) is 56.2 Å². The van der Waals surface area contributed by atoms with Crippen LogP contribution in [0.15, 0.2) is 24.3 Å². The Bertz CT molecular complexity index is 1420. The summed E-state index contributed by atoms with van der Waals surface area (Å²) in [6, 6.07) is 10.9. The Morgan fingerprint density at radius 1 is 0.558 bits per heavy atom. The van der Waals surface area contributed by atoms with Gasteiger partial charge in [0.15, 0.2) is 0 Å². The second-order valence-corrected chi connectivity index (χ2v) is 33.9. The molecule has 0 radical (unpaired) electrons. The summed E-state index contributed by atoms with van der Waals surface area (Å²) in [7, 11) is 0. The molecule has 1 aromatic carbocycles. The molecule has 5 rings (SSSR count). The van der Waals surface area contributed by atoms with Crippen LogP contribution in [0.4, 0.5) is 0 Å². The zero-order valence-electron chi connectivity index (χ0n) is 29.6. The monoisotopic (exact) mass is 724 g/mol. The molecule has 0 nitrogen and oxygen atoms in total. The van der Waals surface area contributed by atoms with Gasteiger partial charge in [-0.25, -0.2) is 0 Å². The van der Waals surface area contributed by atoms with Crippen molar-refractivity contribution in [2.75, 3.05) is 0 Å². The Labute approximate surface area is 277 Å². The van der Waals surface area contributed by atoms with Gasteiger partial charge in [0.25, 0.3) is 0 Å². The molecule has 0 fully saturated rings. The molecule has 43 heavy (non-hydrogen) atoms. The Kier molecular flexibility index (Phi) is 9.86. The standard InChI is InChI=1S/C37H51S2.3CH3.Sn/c1-10-23(5)19-36(20-24(6)11-2)30-14-15-38-34(30)28-17-32-29(18-31(28)36)35-33(16-27(9)39-35)37(32,21-25(7)12-3)22-26(8)13-4;;;;/h14,16-18,23-26H,10-13,19-22H2,1-9H3;3*1H3;. The van der Waals surface area contributed by atoms with Crippen LogP contribution in [0.1, 0.15) is 134 Å². The molecular formula is C40H60S2Sn. The number of hydrogen-bond donors (Lipinski definition) is 0. The van der Waals surface area contributed by atoms with E-state index in [-0.39, 0.29) is 10.8 Å². The first kappa shape index (κ1) is 33.8. The van der Waals surface area contributed by atoms with Gasteiger partial charge >= 0.3 is 279 Å². The third kappa shape index (κ3) is 5.79. The fourth-order valence-electron chi connectivity index (χ4n) is 8.45. The minimum absolute atomic E-state index is 0.136. The average Bonchev–Trinajstić information content (AvgIpc) is 3.69. The summed E-state index contributed by atoms with van der Waals surface area (Å²) in [5, 5.41) is 0. The summed E-state index contributed by atoms with van der Waals surface area (Å²) in [6.07, 6.45) is 10.1. The van der Waals surface area contributed by atoms with Crippen molar-refractivity contribution >= 4 is 43.9 Å². The number of thiophene rings is 2. The van der Waals surface area contributed by atoms with E-state index in [4.69, 9.17) is 0 Å². The van der Waals surface area contributed by atoms with Gasteiger partial charge in [0.2, 0.25) is 0 Å². The van der Waals surface area contributed by atoms with Gasteiger partial charge in [-0.2, -0.15) is 0 Å². The minimum atomic E-state index is -2.26. The topological polar surface area (TPSA) is 0 Å². The van der Waals surface area contributed by atoms with Gasteiger partial charge in [0.05, 0.1) is 0 Å². The number of aryl methyl sites for hydroxylation is 1. The van der Waals surface area contributed by atoms with E-state index in [9.17, 15) is 0 Å². The molecule has 2 aliphatic rings. The summed E-state index contributed by atoms with van der Waals surface area (Å²) < 4.78 is 1.77. The van der Waals surface area contributed by atoms with Crippen LogP contribution in [0.5, 0.6) is 0 Å². The van der Waals surface area contributed by atoms with Gasteiger partial charge in [-0.15, -0.1) is 0 Å². The Hall–Kier alpha value is -0.581. The molecule has 4 atom stereocenters. The molecule has 3 heteroatoms. The first-order valence-corrected chi connectivity index (χ1v) is 29.3. The fourth-order valence-corrected chi connectivity index (χ4v) is 16.1. The van der Waals surface area contributed by atoms with Crippen molar-refractivity contribution < 1.29 is 0 Å². The molecule has 2 aromatic heterocycles. The zero-order valence-corrected chi connectivity index (χ0v) is 34.1. The van der Waals surface area contributed by atoms with Crippen LogP contribution < -0.4 is 2.89 Å². The Morgan fingerprint density at radius 3 is 1.30 bits per heavy atom.